The van der Waals surface area contributed by atoms with Crippen LogP contribution < -0.4 is 24.8 Å². The third-order valence-corrected chi connectivity index (χ3v) is 11.1. The molecule has 2 amide bonds. The number of aryl methyl sites for hydroxylation is 4. The van der Waals surface area contributed by atoms with Crippen molar-refractivity contribution in [3.63, 3.8) is 0 Å². The van der Waals surface area contributed by atoms with E-state index in [4.69, 9.17) is 14.2 Å². The van der Waals surface area contributed by atoms with Gasteiger partial charge in [0, 0.05) is 24.0 Å². The fourth-order valence-corrected chi connectivity index (χ4v) is 7.96. The molecule has 55 heavy (non-hydrogen) atoms. The van der Waals surface area contributed by atoms with E-state index >= 15 is 0 Å². The Labute approximate surface area is 325 Å². The summed E-state index contributed by atoms with van der Waals surface area (Å²) in [6.07, 6.45) is 0. The molecular weight excluding hydrogens is 685 g/mol. The number of hydrogen-bond donors (Lipinski definition) is 2. The number of amides is 2. The molecule has 0 heterocycles. The molecule has 0 aliphatic carbocycles. The average Bonchev–Trinajstić information content (AvgIpc) is 3.19. The highest BCUT2D eigenvalue weighted by atomic mass is 16.5. The highest BCUT2D eigenvalue weighted by Gasteiger charge is 2.27. The Morgan fingerprint density at radius 2 is 1.00 bits per heavy atom. The van der Waals surface area contributed by atoms with Crippen LogP contribution in [0.3, 0.4) is 0 Å². The molecule has 2 atom stereocenters. The van der Waals surface area contributed by atoms with Crippen LogP contribution in [0.5, 0.6) is 17.2 Å². The summed E-state index contributed by atoms with van der Waals surface area (Å²) in [6, 6.07) is 28.6. The molecule has 0 spiro atoms. The summed E-state index contributed by atoms with van der Waals surface area (Å²) < 4.78 is 18.0. The SMILES string of the molecule is COc1cc2c(C)c(-c3c(C)cc4c(C(=O)NC[C@H](C)c5ccccc5)c(C)c(C)cc4c3OC)c(C)cc2c(C(=O)NC[C@@H](C)c2ccccc2)c1OC. The van der Waals surface area contributed by atoms with Crippen molar-refractivity contribution >= 4 is 33.4 Å². The fourth-order valence-electron chi connectivity index (χ4n) is 7.96. The van der Waals surface area contributed by atoms with Gasteiger partial charge in [-0.25, -0.2) is 0 Å². The first-order valence-electron chi connectivity index (χ1n) is 18.9. The molecule has 6 rings (SSSR count). The van der Waals surface area contributed by atoms with E-state index in [1.807, 2.05) is 56.3 Å². The van der Waals surface area contributed by atoms with Crippen LogP contribution in [0.4, 0.5) is 0 Å². The number of carbonyl (C=O) groups is 2. The number of rotatable bonds is 12. The minimum absolute atomic E-state index is 0.105. The second-order valence-corrected chi connectivity index (χ2v) is 14.7. The van der Waals surface area contributed by atoms with E-state index in [0.29, 0.717) is 41.5 Å². The monoisotopic (exact) mass is 736 g/mol. The zero-order chi connectivity index (χ0) is 39.6. The Morgan fingerprint density at radius 3 is 1.51 bits per heavy atom. The molecule has 2 N–H and O–H groups in total. The van der Waals surface area contributed by atoms with Crippen LogP contribution >= 0.6 is 0 Å². The number of nitrogens with one attached hydrogen (secondary N) is 2. The lowest BCUT2D eigenvalue weighted by atomic mass is 9.84. The first-order valence-corrected chi connectivity index (χ1v) is 18.9. The van der Waals surface area contributed by atoms with Gasteiger partial charge in [0.25, 0.3) is 11.8 Å². The van der Waals surface area contributed by atoms with Crippen LogP contribution in [-0.4, -0.2) is 46.2 Å². The van der Waals surface area contributed by atoms with Crippen molar-refractivity contribution in [2.75, 3.05) is 34.4 Å². The van der Waals surface area contributed by atoms with Gasteiger partial charge in [0.2, 0.25) is 0 Å². The molecule has 0 saturated carbocycles. The second-order valence-electron chi connectivity index (χ2n) is 14.7. The largest absolute Gasteiger partial charge is 0.495 e. The van der Waals surface area contributed by atoms with Crippen LogP contribution in [-0.2, 0) is 0 Å². The number of ether oxygens (including phenoxy) is 3. The Bertz CT molecular complexity index is 2400. The second kappa shape index (κ2) is 16.3. The minimum atomic E-state index is -0.232. The highest BCUT2D eigenvalue weighted by Crippen LogP contribution is 2.48. The number of carbonyl (C=O) groups excluding carboxylic acids is 2. The molecule has 7 heteroatoms. The number of benzene rings is 6. The molecule has 0 aromatic heterocycles. The lowest BCUT2D eigenvalue weighted by Crippen LogP contribution is -2.28. The van der Waals surface area contributed by atoms with Gasteiger partial charge in [0.1, 0.15) is 5.75 Å². The van der Waals surface area contributed by atoms with Crippen LogP contribution in [0.25, 0.3) is 32.7 Å². The summed E-state index contributed by atoms with van der Waals surface area (Å²) in [4.78, 5) is 28.2. The topological polar surface area (TPSA) is 85.9 Å². The fraction of sp³-hybridized carbons (Fsp3) is 0.292. The molecule has 0 unspecified atom stereocenters. The number of methoxy groups -OCH3 is 3. The molecule has 0 fully saturated rings. The molecule has 0 saturated heterocycles. The summed E-state index contributed by atoms with van der Waals surface area (Å²) in [5.74, 6) is 1.49. The van der Waals surface area contributed by atoms with E-state index in [1.165, 1.54) is 5.56 Å². The predicted octanol–water partition coefficient (Wildman–Crippen LogP) is 10.3. The maximum Gasteiger partial charge on any atom is 0.255 e. The molecule has 0 radical (unpaired) electrons. The first kappa shape index (κ1) is 38.9. The lowest BCUT2D eigenvalue weighted by molar-refractivity contribution is 0.0943. The van der Waals surface area contributed by atoms with Gasteiger partial charge in [-0.3, -0.25) is 9.59 Å². The lowest BCUT2D eigenvalue weighted by Gasteiger charge is -2.24. The van der Waals surface area contributed by atoms with E-state index in [1.54, 1.807) is 21.3 Å². The predicted molar refractivity (Wildman–Crippen MR) is 225 cm³/mol. The summed E-state index contributed by atoms with van der Waals surface area (Å²) >= 11 is 0. The summed E-state index contributed by atoms with van der Waals surface area (Å²) in [7, 11) is 4.84. The van der Waals surface area contributed by atoms with Gasteiger partial charge < -0.3 is 24.8 Å². The molecule has 0 bridgehead atoms. The molecule has 7 nitrogen and oxygen atoms in total. The van der Waals surface area contributed by atoms with E-state index in [2.05, 4.69) is 87.7 Å². The maximum absolute atomic E-state index is 14.1. The van der Waals surface area contributed by atoms with Gasteiger partial charge in [-0.15, -0.1) is 0 Å². The van der Waals surface area contributed by atoms with Crippen LogP contribution in [0, 0.1) is 34.6 Å². The molecule has 284 valence electrons. The summed E-state index contributed by atoms with van der Waals surface area (Å²) in [5.41, 5.74) is 10.2. The van der Waals surface area contributed by atoms with E-state index in [-0.39, 0.29) is 23.7 Å². The molecule has 0 aliphatic rings. The van der Waals surface area contributed by atoms with Crippen LogP contribution in [0.2, 0.25) is 0 Å². The van der Waals surface area contributed by atoms with Gasteiger partial charge in [0.05, 0.1) is 32.5 Å². The Hall–Kier alpha value is -5.82. The van der Waals surface area contributed by atoms with Gasteiger partial charge in [-0.2, -0.15) is 0 Å². The standard InChI is InChI=1S/C48H52N2O5/c1-27-21-39-38(43(32(27)6)47(51)49-25-30(4)34-17-13-11-14-18-34)23-29(3)42(45(39)54-9)41-28(2)22-37-36(33(41)7)24-40(53-8)46(55-10)44(37)48(52)50-26-31(5)35-19-15-12-16-20-35/h11-24,30-31H,25-26H2,1-10H3,(H,49,51)(H,50,52)/t30-,31+/m0/s1. The van der Waals surface area contributed by atoms with E-state index < -0.39 is 0 Å². The molecule has 0 aliphatic heterocycles. The first-order chi connectivity index (χ1) is 26.4. The van der Waals surface area contributed by atoms with Gasteiger partial charge in [-0.05, 0) is 131 Å². The third kappa shape index (κ3) is 7.36. The van der Waals surface area contributed by atoms with Crippen molar-refractivity contribution < 1.29 is 23.8 Å². The highest BCUT2D eigenvalue weighted by molar-refractivity contribution is 6.15. The Kier molecular flexibility index (Phi) is 11.5. The summed E-state index contributed by atoms with van der Waals surface area (Å²) in [5, 5.41) is 9.74. The zero-order valence-corrected chi connectivity index (χ0v) is 33.7. The molecule has 6 aromatic carbocycles. The number of fused-ring (bicyclic) bond motifs is 2. The zero-order valence-electron chi connectivity index (χ0n) is 33.7. The van der Waals surface area contributed by atoms with Crippen molar-refractivity contribution in [2.45, 2.75) is 60.3 Å². The van der Waals surface area contributed by atoms with Gasteiger partial charge >= 0.3 is 0 Å². The van der Waals surface area contributed by atoms with Crippen molar-refractivity contribution in [2.24, 2.45) is 0 Å². The van der Waals surface area contributed by atoms with Gasteiger partial charge in [-0.1, -0.05) is 74.5 Å². The minimum Gasteiger partial charge on any atom is -0.495 e. The number of hydrogen-bond acceptors (Lipinski definition) is 5. The van der Waals surface area contributed by atoms with Crippen molar-refractivity contribution in [3.05, 3.63) is 135 Å². The quantitative estimate of drug-likeness (QED) is 0.131. The molecule has 6 aromatic rings. The third-order valence-electron chi connectivity index (χ3n) is 11.1. The van der Waals surface area contributed by atoms with E-state index in [9.17, 15) is 9.59 Å². The van der Waals surface area contributed by atoms with Crippen molar-refractivity contribution in [1.29, 1.82) is 0 Å². The average molecular weight is 737 g/mol. The maximum atomic E-state index is 14.1. The molecular formula is C48H52N2O5. The Morgan fingerprint density at radius 1 is 0.527 bits per heavy atom. The van der Waals surface area contributed by atoms with Crippen molar-refractivity contribution in [3.8, 4) is 28.4 Å². The summed E-state index contributed by atoms with van der Waals surface area (Å²) in [6.45, 7) is 15.4. The smallest absolute Gasteiger partial charge is 0.255 e. The normalized spacial score (nSPS) is 12.3. The Balaban J connectivity index is 1.47. The van der Waals surface area contributed by atoms with Crippen LogP contribution in [0.15, 0.2) is 84.9 Å². The van der Waals surface area contributed by atoms with E-state index in [0.717, 1.165) is 66.1 Å². The van der Waals surface area contributed by atoms with Crippen LogP contribution in [0.1, 0.15) is 85.3 Å². The van der Waals surface area contributed by atoms with Crippen molar-refractivity contribution in [1.82, 2.24) is 10.6 Å². The van der Waals surface area contributed by atoms with Gasteiger partial charge in [0.15, 0.2) is 11.5 Å².